The first-order valence-electron chi connectivity index (χ1n) is 14.1. The van der Waals surface area contributed by atoms with E-state index in [2.05, 4.69) is 17.3 Å². The summed E-state index contributed by atoms with van der Waals surface area (Å²) >= 11 is 0. The van der Waals surface area contributed by atoms with Crippen LogP contribution in [0.2, 0.25) is 0 Å². The normalized spacial score (nSPS) is 32.2. The smallest absolute Gasteiger partial charge is 0.324 e. The number of benzene rings is 1. The highest BCUT2D eigenvalue weighted by atomic mass is 16.6. The largest absolute Gasteiger partial charge is 0.504 e. The molecule has 0 aromatic heterocycles. The third-order valence-electron chi connectivity index (χ3n) is 8.95. The van der Waals surface area contributed by atoms with Gasteiger partial charge in [0.2, 0.25) is 0 Å². The molecule has 1 aromatic carbocycles. The van der Waals surface area contributed by atoms with Crippen LogP contribution in [0.15, 0.2) is 12.1 Å². The van der Waals surface area contributed by atoms with Gasteiger partial charge in [-0.1, -0.05) is 6.07 Å². The SMILES string of the molecule is CO[C@@]12CCC(N[C@@H](CC(=O)OC(C)(C)C)C(=O)OC(C)(C)C)C3Oc4c(O)ccc5c4[C@@]31CCN(C)[C@@H]2C5. The van der Waals surface area contributed by atoms with Gasteiger partial charge < -0.3 is 29.0 Å². The van der Waals surface area contributed by atoms with E-state index in [1.54, 1.807) is 33.9 Å². The van der Waals surface area contributed by atoms with Crippen LogP contribution in [-0.2, 0) is 35.6 Å². The second kappa shape index (κ2) is 9.35. The summed E-state index contributed by atoms with van der Waals surface area (Å²) in [4.78, 5) is 28.7. The molecule has 2 unspecified atom stereocenters. The van der Waals surface area contributed by atoms with Crippen molar-refractivity contribution in [2.45, 2.75) is 120 Å². The van der Waals surface area contributed by atoms with Crippen molar-refractivity contribution in [1.82, 2.24) is 10.2 Å². The molecule has 6 atom stereocenters. The van der Waals surface area contributed by atoms with E-state index in [1.165, 1.54) is 5.56 Å². The Bertz CT molecular complexity index is 1160. The minimum atomic E-state index is -0.915. The zero-order valence-corrected chi connectivity index (χ0v) is 24.6. The molecule has 2 bridgehead atoms. The Balaban J connectivity index is 1.52. The molecular formula is C30H44N2O7. The zero-order chi connectivity index (χ0) is 28.5. The Labute approximate surface area is 231 Å². The number of nitrogens with zero attached hydrogens (tertiary/aromatic N) is 1. The molecule has 9 heteroatoms. The molecule has 1 spiro atoms. The molecule has 1 aromatic rings. The molecule has 2 heterocycles. The molecular weight excluding hydrogens is 500 g/mol. The quantitative estimate of drug-likeness (QED) is 0.522. The number of nitrogens with one attached hydrogen (secondary N) is 1. The third-order valence-corrected chi connectivity index (χ3v) is 8.95. The zero-order valence-electron chi connectivity index (χ0n) is 24.6. The van der Waals surface area contributed by atoms with Gasteiger partial charge >= 0.3 is 11.9 Å². The molecule has 4 aliphatic rings. The fourth-order valence-electron chi connectivity index (χ4n) is 7.70. The maximum atomic E-state index is 13.4. The molecule has 2 aliphatic heterocycles. The maximum absolute atomic E-state index is 13.4. The van der Waals surface area contributed by atoms with E-state index in [1.807, 2.05) is 26.8 Å². The van der Waals surface area contributed by atoms with E-state index in [-0.39, 0.29) is 24.3 Å². The van der Waals surface area contributed by atoms with Crippen LogP contribution in [0.1, 0.15) is 78.4 Å². The lowest BCUT2D eigenvalue weighted by atomic mass is 9.48. The molecule has 39 heavy (non-hydrogen) atoms. The van der Waals surface area contributed by atoms with Gasteiger partial charge in [-0.3, -0.25) is 14.9 Å². The van der Waals surface area contributed by atoms with Crippen molar-refractivity contribution in [3.8, 4) is 11.5 Å². The van der Waals surface area contributed by atoms with Crippen molar-refractivity contribution in [2.75, 3.05) is 20.7 Å². The molecule has 9 nitrogen and oxygen atoms in total. The highest BCUT2D eigenvalue weighted by Crippen LogP contribution is 2.66. The van der Waals surface area contributed by atoms with E-state index < -0.39 is 46.3 Å². The van der Waals surface area contributed by atoms with E-state index in [9.17, 15) is 14.7 Å². The van der Waals surface area contributed by atoms with Crippen molar-refractivity contribution in [1.29, 1.82) is 0 Å². The van der Waals surface area contributed by atoms with Crippen LogP contribution >= 0.6 is 0 Å². The first kappa shape index (κ1) is 28.2. The van der Waals surface area contributed by atoms with Crippen LogP contribution in [-0.4, -0.2) is 83.7 Å². The number of carbonyl (C=O) groups excluding carboxylic acids is 2. The van der Waals surface area contributed by atoms with Gasteiger partial charge in [-0.2, -0.15) is 0 Å². The molecule has 216 valence electrons. The molecule has 1 saturated heterocycles. The molecule has 1 saturated carbocycles. The Kier molecular flexibility index (Phi) is 6.75. The van der Waals surface area contributed by atoms with E-state index >= 15 is 0 Å². The topological polar surface area (TPSA) is 107 Å². The molecule has 0 radical (unpaired) electrons. The second-order valence-corrected chi connectivity index (χ2v) is 13.7. The lowest BCUT2D eigenvalue weighted by Crippen LogP contribution is -2.78. The Hall–Kier alpha value is -2.36. The van der Waals surface area contributed by atoms with Gasteiger partial charge in [0.15, 0.2) is 11.5 Å². The van der Waals surface area contributed by atoms with Crippen LogP contribution in [0, 0.1) is 0 Å². The second-order valence-electron chi connectivity index (χ2n) is 13.7. The summed E-state index contributed by atoms with van der Waals surface area (Å²) in [5, 5.41) is 14.4. The number of hydrogen-bond acceptors (Lipinski definition) is 9. The summed E-state index contributed by atoms with van der Waals surface area (Å²) in [6, 6.07) is 2.69. The first-order valence-corrected chi connectivity index (χ1v) is 14.1. The van der Waals surface area contributed by atoms with Gasteiger partial charge in [0, 0.05) is 24.8 Å². The van der Waals surface area contributed by atoms with Crippen LogP contribution in [0.3, 0.4) is 0 Å². The van der Waals surface area contributed by atoms with Crippen molar-refractivity contribution >= 4 is 11.9 Å². The third kappa shape index (κ3) is 4.50. The van der Waals surface area contributed by atoms with Gasteiger partial charge in [-0.25, -0.2) is 0 Å². The first-order chi connectivity index (χ1) is 18.1. The number of carbonyl (C=O) groups is 2. The molecule has 5 rings (SSSR count). The number of hydrogen-bond donors (Lipinski definition) is 2. The van der Waals surface area contributed by atoms with Crippen LogP contribution in [0.25, 0.3) is 0 Å². The molecule has 2 N–H and O–H groups in total. The molecule has 0 amide bonds. The summed E-state index contributed by atoms with van der Waals surface area (Å²) in [7, 11) is 3.94. The summed E-state index contributed by atoms with van der Waals surface area (Å²) in [5.41, 5.74) is -0.166. The standard InChI is InChI=1S/C30H44N2O7/c1-27(2,3)38-22(34)16-19(26(35)39-28(4,5)6)31-18-11-12-30(36-8)21-15-17-9-10-20(33)24-23(17)29(30,25(18)37-24)13-14-32(21)7/h9-10,18-19,21,25,31,33H,11-16H2,1-8H3/t18?,19-,21+,25?,29-,30+/m0/s1. The highest BCUT2D eigenvalue weighted by molar-refractivity contribution is 5.83. The monoisotopic (exact) mass is 544 g/mol. The van der Waals surface area contributed by atoms with Crippen molar-refractivity contribution < 1.29 is 33.6 Å². The highest BCUT2D eigenvalue weighted by Gasteiger charge is 2.73. The number of phenols is 1. The number of esters is 2. The average molecular weight is 545 g/mol. The van der Waals surface area contributed by atoms with Gasteiger partial charge in [-0.15, -0.1) is 0 Å². The van der Waals surface area contributed by atoms with E-state index in [4.69, 9.17) is 18.9 Å². The minimum Gasteiger partial charge on any atom is -0.504 e. The number of ether oxygens (including phenoxy) is 4. The molecule has 2 aliphatic carbocycles. The van der Waals surface area contributed by atoms with Crippen LogP contribution in [0.5, 0.6) is 11.5 Å². The van der Waals surface area contributed by atoms with Gasteiger partial charge in [0.05, 0.1) is 17.4 Å². The van der Waals surface area contributed by atoms with Gasteiger partial charge in [-0.05, 0) is 92.4 Å². The van der Waals surface area contributed by atoms with Crippen LogP contribution < -0.4 is 10.1 Å². The van der Waals surface area contributed by atoms with Gasteiger partial charge in [0.1, 0.15) is 23.3 Å². The lowest BCUT2D eigenvalue weighted by Gasteiger charge is -2.65. The fraction of sp³-hybridized carbons (Fsp3) is 0.733. The maximum Gasteiger partial charge on any atom is 0.324 e. The van der Waals surface area contributed by atoms with Crippen molar-refractivity contribution in [2.24, 2.45) is 0 Å². The number of phenolic OH excluding ortho intramolecular Hbond substituents is 1. The summed E-state index contributed by atoms with van der Waals surface area (Å²) in [6.45, 7) is 11.7. The van der Waals surface area contributed by atoms with Crippen LogP contribution in [0.4, 0.5) is 0 Å². The minimum absolute atomic E-state index is 0.121. The van der Waals surface area contributed by atoms with Crippen molar-refractivity contribution in [3.05, 3.63) is 23.3 Å². The Morgan fingerprint density at radius 1 is 1.15 bits per heavy atom. The number of rotatable bonds is 6. The number of likely N-dealkylation sites (N-methyl/N-ethyl adjacent to an activating group) is 1. The van der Waals surface area contributed by atoms with E-state index in [0.717, 1.165) is 31.4 Å². The van der Waals surface area contributed by atoms with E-state index in [0.29, 0.717) is 12.2 Å². The summed E-state index contributed by atoms with van der Waals surface area (Å²) < 4.78 is 24.5. The number of piperidine rings is 1. The summed E-state index contributed by atoms with van der Waals surface area (Å²) in [5.74, 6) is -0.329. The predicted octanol–water partition coefficient (Wildman–Crippen LogP) is 3.23. The number of methoxy groups -OCH3 is 1. The average Bonchev–Trinajstić information content (AvgIpc) is 3.17. The van der Waals surface area contributed by atoms with Crippen molar-refractivity contribution in [3.63, 3.8) is 0 Å². The predicted molar refractivity (Wildman–Crippen MR) is 145 cm³/mol. The summed E-state index contributed by atoms with van der Waals surface area (Å²) in [6.07, 6.45) is 2.48. The fourth-order valence-corrected chi connectivity index (χ4v) is 7.70. The van der Waals surface area contributed by atoms with Gasteiger partial charge in [0.25, 0.3) is 0 Å². The Morgan fingerprint density at radius 3 is 2.49 bits per heavy atom. The molecule has 2 fully saturated rings. The Morgan fingerprint density at radius 2 is 1.85 bits per heavy atom. The lowest BCUT2D eigenvalue weighted by molar-refractivity contribution is -0.204. The number of likely N-dealkylation sites (tertiary alicyclic amines) is 1. The number of aromatic hydroxyl groups is 1.